The summed E-state index contributed by atoms with van der Waals surface area (Å²) in [5.41, 5.74) is 1.88. The van der Waals surface area contributed by atoms with Gasteiger partial charge in [-0.1, -0.05) is 0 Å². The van der Waals surface area contributed by atoms with Crippen molar-refractivity contribution in [3.8, 4) is 0 Å². The molecule has 1 N–H and O–H groups in total. The number of rotatable bonds is 3. The van der Waals surface area contributed by atoms with Crippen molar-refractivity contribution in [2.75, 3.05) is 33.2 Å². The quantitative estimate of drug-likeness (QED) is 0.886. The fourth-order valence-corrected chi connectivity index (χ4v) is 4.24. The summed E-state index contributed by atoms with van der Waals surface area (Å²) in [6.45, 7) is 7.05. The van der Waals surface area contributed by atoms with Gasteiger partial charge in [-0.3, -0.25) is 9.59 Å². The lowest BCUT2D eigenvalue weighted by molar-refractivity contribution is -0.134. The number of likely N-dealkylation sites (tertiary alicyclic amines) is 2. The zero-order valence-corrected chi connectivity index (χ0v) is 16.2. The number of nitrogens with one attached hydrogen (secondary N) is 1. The van der Waals surface area contributed by atoms with Crippen LogP contribution in [0.1, 0.15) is 35.8 Å². The lowest BCUT2D eigenvalue weighted by Gasteiger charge is -2.27. The van der Waals surface area contributed by atoms with Crippen molar-refractivity contribution in [3.05, 3.63) is 35.8 Å². The van der Waals surface area contributed by atoms with Crippen LogP contribution in [0, 0.1) is 12.8 Å². The lowest BCUT2D eigenvalue weighted by atomic mass is 10.0. The maximum absolute atomic E-state index is 12.8. The first kappa shape index (κ1) is 18.0. The molecule has 2 fully saturated rings. The fraction of sp³-hybridized carbons (Fsp3) is 0.550. The van der Waals surface area contributed by atoms with Crippen LogP contribution in [0.5, 0.6) is 0 Å². The van der Waals surface area contributed by atoms with Gasteiger partial charge >= 0.3 is 0 Å². The molecule has 0 aliphatic carbocycles. The van der Waals surface area contributed by atoms with E-state index in [0.29, 0.717) is 18.7 Å². The Morgan fingerprint density at radius 3 is 2.89 bits per heavy atom. The molecule has 0 saturated carbocycles. The van der Waals surface area contributed by atoms with Crippen molar-refractivity contribution in [1.82, 2.24) is 24.5 Å². The Labute approximate surface area is 159 Å². The van der Waals surface area contributed by atoms with Gasteiger partial charge in [0.2, 0.25) is 5.91 Å². The molecule has 0 radical (unpaired) electrons. The molecule has 2 aliphatic heterocycles. The Bertz CT molecular complexity index is 892. The maximum Gasteiger partial charge on any atom is 0.251 e. The number of carbonyl (C=O) groups is 2. The molecule has 2 unspecified atom stereocenters. The second-order valence-corrected chi connectivity index (χ2v) is 8.34. The molecule has 4 heterocycles. The summed E-state index contributed by atoms with van der Waals surface area (Å²) < 4.78 is 1.91. The Morgan fingerprint density at radius 1 is 1.33 bits per heavy atom. The molecule has 0 bridgehead atoms. The third-order valence-corrected chi connectivity index (χ3v) is 5.78. The lowest BCUT2D eigenvalue weighted by Crippen LogP contribution is -2.49. The van der Waals surface area contributed by atoms with Gasteiger partial charge in [-0.25, -0.2) is 4.98 Å². The predicted octanol–water partition coefficient (Wildman–Crippen LogP) is 1.32. The van der Waals surface area contributed by atoms with Crippen LogP contribution < -0.4 is 5.32 Å². The van der Waals surface area contributed by atoms with Gasteiger partial charge in [0, 0.05) is 37.6 Å². The molecule has 2 aromatic rings. The average molecular weight is 369 g/mol. The normalized spacial score (nSPS) is 26.0. The maximum atomic E-state index is 12.8. The molecule has 0 aromatic carbocycles. The third kappa shape index (κ3) is 3.56. The molecule has 2 atom stereocenters. The summed E-state index contributed by atoms with van der Waals surface area (Å²) in [4.78, 5) is 34.1. The molecular weight excluding hydrogens is 342 g/mol. The van der Waals surface area contributed by atoms with Gasteiger partial charge < -0.3 is 19.5 Å². The van der Waals surface area contributed by atoms with Crippen molar-refractivity contribution in [3.63, 3.8) is 0 Å². The fourth-order valence-electron chi connectivity index (χ4n) is 4.24. The van der Waals surface area contributed by atoms with Gasteiger partial charge in [-0.2, -0.15) is 0 Å². The summed E-state index contributed by atoms with van der Waals surface area (Å²) in [5, 5.41) is 3.15. The molecule has 0 spiro atoms. The first-order chi connectivity index (χ1) is 12.8. The third-order valence-electron chi connectivity index (χ3n) is 5.78. The standard InChI is InChI=1S/C20H27N5O2/c1-14-11-24-8-5-15(10-17(24)21-14)18(26)22-20(2)6-9-25(13-20)19(27)16-4-7-23(3)12-16/h5,8,10-11,16H,4,6-7,9,12-13H2,1-3H3,(H,22,26). The minimum Gasteiger partial charge on any atom is -0.345 e. The highest BCUT2D eigenvalue weighted by Crippen LogP contribution is 2.26. The number of amides is 2. The number of aromatic nitrogens is 2. The van der Waals surface area contributed by atoms with Crippen molar-refractivity contribution >= 4 is 17.5 Å². The van der Waals surface area contributed by atoms with Gasteiger partial charge in [0.15, 0.2) is 0 Å². The molecule has 144 valence electrons. The van der Waals surface area contributed by atoms with Crippen LogP contribution in [0.4, 0.5) is 0 Å². The molecule has 2 saturated heterocycles. The number of hydrogen-bond donors (Lipinski definition) is 1. The Balaban J connectivity index is 1.42. The van der Waals surface area contributed by atoms with Crippen LogP contribution in [0.3, 0.4) is 0 Å². The number of aryl methyl sites for hydroxylation is 1. The van der Waals surface area contributed by atoms with E-state index in [1.54, 1.807) is 12.1 Å². The molecule has 4 rings (SSSR count). The number of pyridine rings is 1. The van der Waals surface area contributed by atoms with Gasteiger partial charge in [-0.05, 0) is 52.4 Å². The van der Waals surface area contributed by atoms with Crippen molar-refractivity contribution < 1.29 is 9.59 Å². The number of imidazole rings is 1. The van der Waals surface area contributed by atoms with Crippen LogP contribution in [-0.2, 0) is 4.79 Å². The summed E-state index contributed by atoms with van der Waals surface area (Å²) in [6.07, 6.45) is 5.49. The van der Waals surface area contributed by atoms with E-state index >= 15 is 0 Å². The number of nitrogens with zero attached hydrogens (tertiary/aromatic N) is 4. The zero-order valence-electron chi connectivity index (χ0n) is 16.2. The van der Waals surface area contributed by atoms with E-state index in [4.69, 9.17) is 0 Å². The Morgan fingerprint density at radius 2 is 2.15 bits per heavy atom. The second kappa shape index (κ2) is 6.64. The van der Waals surface area contributed by atoms with Crippen LogP contribution in [0.25, 0.3) is 5.65 Å². The van der Waals surface area contributed by atoms with E-state index in [0.717, 1.165) is 37.3 Å². The van der Waals surface area contributed by atoms with Crippen molar-refractivity contribution in [2.24, 2.45) is 5.92 Å². The molecule has 2 aromatic heterocycles. The predicted molar refractivity (Wildman–Crippen MR) is 103 cm³/mol. The summed E-state index contributed by atoms with van der Waals surface area (Å²) in [7, 11) is 2.06. The first-order valence-electron chi connectivity index (χ1n) is 9.58. The molecule has 27 heavy (non-hydrogen) atoms. The van der Waals surface area contributed by atoms with Gasteiger partial charge in [0.25, 0.3) is 5.91 Å². The molecular formula is C20H27N5O2. The van der Waals surface area contributed by atoms with Crippen LogP contribution in [-0.4, -0.2) is 69.8 Å². The molecule has 2 aliphatic rings. The monoisotopic (exact) mass is 369 g/mol. The van der Waals surface area contributed by atoms with Gasteiger partial charge in [0.05, 0.1) is 17.2 Å². The zero-order chi connectivity index (χ0) is 19.2. The Kier molecular flexibility index (Phi) is 4.42. The smallest absolute Gasteiger partial charge is 0.251 e. The highest BCUT2D eigenvalue weighted by molar-refractivity contribution is 5.95. The van der Waals surface area contributed by atoms with Crippen LogP contribution >= 0.6 is 0 Å². The van der Waals surface area contributed by atoms with Crippen LogP contribution in [0.2, 0.25) is 0 Å². The van der Waals surface area contributed by atoms with E-state index in [2.05, 4.69) is 22.2 Å². The highest BCUT2D eigenvalue weighted by Gasteiger charge is 2.40. The second-order valence-electron chi connectivity index (χ2n) is 8.34. The van der Waals surface area contributed by atoms with Crippen molar-refractivity contribution in [1.29, 1.82) is 0 Å². The first-order valence-corrected chi connectivity index (χ1v) is 9.58. The molecule has 2 amide bonds. The highest BCUT2D eigenvalue weighted by atomic mass is 16.2. The van der Waals surface area contributed by atoms with Gasteiger partial charge in [-0.15, -0.1) is 0 Å². The topological polar surface area (TPSA) is 70.0 Å². The summed E-state index contributed by atoms with van der Waals surface area (Å²) in [5.74, 6) is 0.210. The minimum absolute atomic E-state index is 0.0964. The average Bonchev–Trinajstić information content (AvgIpc) is 3.31. The Hall–Kier alpha value is -2.41. The van der Waals surface area contributed by atoms with E-state index in [1.807, 2.05) is 35.5 Å². The van der Waals surface area contributed by atoms with Crippen molar-refractivity contribution in [2.45, 2.75) is 32.2 Å². The molecule has 7 heteroatoms. The summed E-state index contributed by atoms with van der Waals surface area (Å²) >= 11 is 0. The van der Waals surface area contributed by atoms with Gasteiger partial charge in [0.1, 0.15) is 5.65 Å². The summed E-state index contributed by atoms with van der Waals surface area (Å²) in [6, 6.07) is 3.61. The van der Waals surface area contributed by atoms with E-state index < -0.39 is 5.54 Å². The van der Waals surface area contributed by atoms with E-state index in [9.17, 15) is 9.59 Å². The van der Waals surface area contributed by atoms with Crippen LogP contribution in [0.15, 0.2) is 24.5 Å². The largest absolute Gasteiger partial charge is 0.345 e. The van der Waals surface area contributed by atoms with E-state index in [1.165, 1.54) is 0 Å². The minimum atomic E-state index is -0.394. The number of fused-ring (bicyclic) bond motifs is 1. The SMILES string of the molecule is Cc1cn2ccc(C(=O)NC3(C)CCN(C(=O)C4CCN(C)C4)C3)cc2n1. The number of hydrogen-bond acceptors (Lipinski definition) is 4. The number of carbonyl (C=O) groups excluding carboxylic acids is 2. The van der Waals surface area contributed by atoms with E-state index in [-0.39, 0.29) is 17.7 Å². The molecule has 7 nitrogen and oxygen atoms in total.